The van der Waals surface area contributed by atoms with E-state index < -0.39 is 5.82 Å². The van der Waals surface area contributed by atoms with Crippen molar-refractivity contribution < 1.29 is 18.7 Å². The maximum Gasteiger partial charge on any atom is 0.258 e. The number of rotatable bonds is 5. The van der Waals surface area contributed by atoms with Gasteiger partial charge in [0.2, 0.25) is 0 Å². The lowest BCUT2D eigenvalue weighted by Gasteiger charge is -2.12. The van der Waals surface area contributed by atoms with E-state index >= 15 is 0 Å². The number of carbonyl (C=O) groups excluding carboxylic acids is 2. The monoisotopic (exact) mass is 361 g/mol. The maximum absolute atomic E-state index is 13.9. The first-order valence-corrected chi connectivity index (χ1v) is 8.33. The number of hydrogen-bond donors (Lipinski definition) is 1. The highest BCUT2D eigenvalue weighted by molar-refractivity contribution is 6.31. The van der Waals surface area contributed by atoms with Gasteiger partial charge in [-0.05, 0) is 29.7 Å². The van der Waals surface area contributed by atoms with Crippen molar-refractivity contribution in [1.29, 1.82) is 0 Å². The van der Waals surface area contributed by atoms with Crippen molar-refractivity contribution in [2.75, 3.05) is 6.61 Å². The van der Waals surface area contributed by atoms with Crippen LogP contribution in [0.1, 0.15) is 40.7 Å². The van der Waals surface area contributed by atoms with E-state index in [0.717, 1.165) is 5.56 Å². The third-order valence-corrected chi connectivity index (χ3v) is 4.58. The minimum atomic E-state index is -0.413. The molecular weight excluding hydrogens is 345 g/mol. The van der Waals surface area contributed by atoms with Crippen molar-refractivity contribution in [2.24, 2.45) is 0 Å². The third-order valence-electron chi connectivity index (χ3n) is 4.21. The van der Waals surface area contributed by atoms with Gasteiger partial charge in [0, 0.05) is 23.6 Å². The summed E-state index contributed by atoms with van der Waals surface area (Å²) in [5.74, 6) is -0.854. The van der Waals surface area contributed by atoms with E-state index in [1.165, 1.54) is 12.1 Å². The van der Waals surface area contributed by atoms with Crippen LogP contribution in [0.15, 0.2) is 36.4 Å². The average molecular weight is 362 g/mol. The molecule has 1 N–H and O–H groups in total. The summed E-state index contributed by atoms with van der Waals surface area (Å²) in [7, 11) is 0. The molecule has 1 amide bonds. The molecule has 0 aromatic heterocycles. The number of ether oxygens (including phenoxy) is 1. The third kappa shape index (κ3) is 3.66. The van der Waals surface area contributed by atoms with Crippen LogP contribution in [-0.2, 0) is 11.3 Å². The summed E-state index contributed by atoms with van der Waals surface area (Å²) in [4.78, 5) is 24.1. The van der Waals surface area contributed by atoms with Crippen LogP contribution in [0.2, 0.25) is 5.02 Å². The molecule has 1 atom stereocenters. The molecule has 0 spiro atoms. The zero-order chi connectivity index (χ0) is 18.0. The molecular formula is C19H17ClFNO3. The maximum atomic E-state index is 13.9. The van der Waals surface area contributed by atoms with Crippen molar-refractivity contribution in [3.63, 3.8) is 0 Å². The molecule has 6 heteroatoms. The summed E-state index contributed by atoms with van der Waals surface area (Å²) in [6.45, 7) is 1.82. The molecule has 3 rings (SSSR count). The van der Waals surface area contributed by atoms with Crippen LogP contribution in [0, 0.1) is 5.82 Å². The lowest BCUT2D eigenvalue weighted by atomic mass is 10.0. The number of ketones is 1. The molecule has 1 aliphatic carbocycles. The lowest BCUT2D eigenvalue weighted by molar-refractivity contribution is -0.123. The first-order chi connectivity index (χ1) is 12.0. The Morgan fingerprint density at radius 3 is 2.84 bits per heavy atom. The summed E-state index contributed by atoms with van der Waals surface area (Å²) in [5, 5.41) is 3.27. The van der Waals surface area contributed by atoms with Gasteiger partial charge in [-0.2, -0.15) is 0 Å². The van der Waals surface area contributed by atoms with Crippen molar-refractivity contribution >= 4 is 23.3 Å². The standard InChI is InChI=1S/C19H17ClFNO3/c1-11-8-15(23)19-16(7-6-14(21)18(11)19)25-10-17(24)22-9-12-4-2-3-5-13(12)20/h2-7,11H,8-10H2,1H3,(H,22,24)/t11-/m0/s1. The van der Waals surface area contributed by atoms with E-state index in [0.29, 0.717) is 10.6 Å². The van der Waals surface area contributed by atoms with Crippen LogP contribution in [0.4, 0.5) is 4.39 Å². The average Bonchev–Trinajstić information content (AvgIpc) is 2.89. The van der Waals surface area contributed by atoms with Gasteiger partial charge in [0.15, 0.2) is 12.4 Å². The Kier molecular flexibility index (Phi) is 5.04. The van der Waals surface area contributed by atoms with Crippen LogP contribution in [0.3, 0.4) is 0 Å². The van der Waals surface area contributed by atoms with E-state index in [9.17, 15) is 14.0 Å². The van der Waals surface area contributed by atoms with Crippen molar-refractivity contribution in [1.82, 2.24) is 5.32 Å². The number of halogens is 2. The molecule has 0 bridgehead atoms. The number of carbonyl (C=O) groups is 2. The molecule has 25 heavy (non-hydrogen) atoms. The summed E-state index contributed by atoms with van der Waals surface area (Å²) in [6.07, 6.45) is 0.255. The minimum absolute atomic E-state index is 0.159. The summed E-state index contributed by atoms with van der Waals surface area (Å²) < 4.78 is 19.4. The van der Waals surface area contributed by atoms with Gasteiger partial charge in [-0.1, -0.05) is 36.7 Å². The predicted octanol–water partition coefficient (Wildman–Crippen LogP) is 3.86. The fourth-order valence-corrected chi connectivity index (χ4v) is 3.18. The predicted molar refractivity (Wildman–Crippen MR) is 92.6 cm³/mol. The first-order valence-electron chi connectivity index (χ1n) is 7.96. The van der Waals surface area contributed by atoms with Crippen molar-refractivity contribution in [2.45, 2.75) is 25.8 Å². The molecule has 2 aromatic rings. The van der Waals surface area contributed by atoms with E-state index in [4.69, 9.17) is 16.3 Å². The smallest absolute Gasteiger partial charge is 0.258 e. The Bertz CT molecular complexity index is 837. The molecule has 0 aliphatic heterocycles. The number of hydrogen-bond acceptors (Lipinski definition) is 3. The molecule has 4 nitrogen and oxygen atoms in total. The quantitative estimate of drug-likeness (QED) is 0.879. The second-order valence-electron chi connectivity index (χ2n) is 6.02. The second kappa shape index (κ2) is 7.23. The number of benzene rings is 2. The fourth-order valence-electron chi connectivity index (χ4n) is 2.98. The molecule has 1 aliphatic rings. The normalized spacial score (nSPS) is 15.8. The lowest BCUT2D eigenvalue weighted by Crippen LogP contribution is -2.28. The number of fused-ring (bicyclic) bond motifs is 1. The topological polar surface area (TPSA) is 55.4 Å². The highest BCUT2D eigenvalue weighted by Crippen LogP contribution is 2.39. The molecule has 0 radical (unpaired) electrons. The SMILES string of the molecule is C[C@H]1CC(=O)c2c(OCC(=O)NCc3ccccc3Cl)ccc(F)c21. The van der Waals surface area contributed by atoms with E-state index in [2.05, 4.69) is 5.32 Å². The van der Waals surface area contributed by atoms with E-state index in [-0.39, 0.29) is 48.5 Å². The van der Waals surface area contributed by atoms with Crippen LogP contribution in [0.5, 0.6) is 5.75 Å². The van der Waals surface area contributed by atoms with Gasteiger partial charge in [-0.25, -0.2) is 4.39 Å². The highest BCUT2D eigenvalue weighted by Gasteiger charge is 2.32. The summed E-state index contributed by atoms with van der Waals surface area (Å²) in [6, 6.07) is 9.86. The van der Waals surface area contributed by atoms with E-state index in [1.54, 1.807) is 13.0 Å². The van der Waals surface area contributed by atoms with Gasteiger partial charge in [0.05, 0.1) is 5.56 Å². The zero-order valence-electron chi connectivity index (χ0n) is 13.6. The van der Waals surface area contributed by atoms with Gasteiger partial charge in [0.1, 0.15) is 11.6 Å². The fraction of sp³-hybridized carbons (Fsp3) is 0.263. The highest BCUT2D eigenvalue weighted by atomic mass is 35.5. The Morgan fingerprint density at radius 2 is 2.08 bits per heavy atom. The molecule has 0 unspecified atom stereocenters. The molecule has 0 fully saturated rings. The second-order valence-corrected chi connectivity index (χ2v) is 6.43. The largest absolute Gasteiger partial charge is 0.483 e. The Balaban J connectivity index is 1.64. The van der Waals surface area contributed by atoms with Gasteiger partial charge in [0.25, 0.3) is 5.91 Å². The van der Waals surface area contributed by atoms with Gasteiger partial charge in [-0.15, -0.1) is 0 Å². The van der Waals surface area contributed by atoms with Crippen LogP contribution < -0.4 is 10.1 Å². The Hall–Kier alpha value is -2.40. The minimum Gasteiger partial charge on any atom is -0.483 e. The molecule has 0 saturated heterocycles. The number of Topliss-reactive ketones (excluding diaryl/α,β-unsaturated/α-hetero) is 1. The van der Waals surface area contributed by atoms with Gasteiger partial charge in [-0.3, -0.25) is 9.59 Å². The van der Waals surface area contributed by atoms with Gasteiger partial charge >= 0.3 is 0 Å². The summed E-state index contributed by atoms with van der Waals surface area (Å²) >= 11 is 6.03. The molecule has 0 heterocycles. The first kappa shape index (κ1) is 17.4. The van der Waals surface area contributed by atoms with Crippen LogP contribution >= 0.6 is 11.6 Å². The Morgan fingerprint density at radius 1 is 1.32 bits per heavy atom. The van der Waals surface area contributed by atoms with Crippen LogP contribution in [0.25, 0.3) is 0 Å². The van der Waals surface area contributed by atoms with E-state index in [1.807, 2.05) is 18.2 Å². The molecule has 2 aromatic carbocycles. The van der Waals surface area contributed by atoms with Crippen molar-refractivity contribution in [3.8, 4) is 5.75 Å². The zero-order valence-corrected chi connectivity index (χ0v) is 14.4. The number of amides is 1. The van der Waals surface area contributed by atoms with Crippen molar-refractivity contribution in [3.05, 3.63) is 63.9 Å². The van der Waals surface area contributed by atoms with Crippen LogP contribution in [-0.4, -0.2) is 18.3 Å². The Labute approximate surface area is 149 Å². The number of nitrogens with one attached hydrogen (secondary N) is 1. The molecule has 0 saturated carbocycles. The molecule has 130 valence electrons. The van der Waals surface area contributed by atoms with Gasteiger partial charge < -0.3 is 10.1 Å². The summed E-state index contributed by atoms with van der Waals surface area (Å²) in [5.41, 5.74) is 1.43.